The highest BCUT2D eigenvalue weighted by atomic mass is 28.3. The Bertz CT molecular complexity index is 670. The first-order chi connectivity index (χ1) is 9.42. The second-order valence-electron chi connectivity index (χ2n) is 5.93. The molecule has 0 aromatic carbocycles. The van der Waals surface area contributed by atoms with Gasteiger partial charge in [-0.1, -0.05) is 19.6 Å². The number of hydrogen-bond acceptors (Lipinski definition) is 4. The van der Waals surface area contributed by atoms with Crippen LogP contribution in [0.15, 0.2) is 17.2 Å². The van der Waals surface area contributed by atoms with Crippen molar-refractivity contribution in [3.63, 3.8) is 0 Å². The van der Waals surface area contributed by atoms with Gasteiger partial charge in [-0.05, 0) is 12.1 Å². The number of nitrogens with one attached hydrogen (secondary N) is 1. The van der Waals surface area contributed by atoms with E-state index in [0.29, 0.717) is 29.6 Å². The molecule has 108 valence electrons. The first-order valence-corrected chi connectivity index (χ1v) is 10.2. The normalized spacial score (nSPS) is 11.9. The maximum atomic E-state index is 11.8. The van der Waals surface area contributed by atoms with Crippen LogP contribution in [0.4, 0.5) is 0 Å². The predicted octanol–water partition coefficient (Wildman–Crippen LogP) is 1.85. The molecule has 7 heteroatoms. The number of nitrogens with zero attached hydrogens (tertiary/aromatic N) is 2. The molecule has 0 unspecified atom stereocenters. The third kappa shape index (κ3) is 3.23. The number of carbonyl (C=O) groups excluding carboxylic acids is 1. The number of rotatable bonds is 6. The number of carbonyl (C=O) groups is 1. The molecule has 6 nitrogen and oxygen atoms in total. The van der Waals surface area contributed by atoms with Crippen LogP contribution in [0.3, 0.4) is 0 Å². The fraction of sp³-hybridized carbons (Fsp3) is 0.462. The molecule has 0 amide bonds. The van der Waals surface area contributed by atoms with Crippen molar-refractivity contribution in [3.8, 4) is 0 Å². The van der Waals surface area contributed by atoms with Gasteiger partial charge in [0, 0.05) is 14.7 Å². The number of aromatic nitrogens is 3. The van der Waals surface area contributed by atoms with Gasteiger partial charge < -0.3 is 14.3 Å². The number of fused-ring (bicyclic) bond motifs is 1. The zero-order valence-electron chi connectivity index (χ0n) is 12.0. The van der Waals surface area contributed by atoms with E-state index < -0.39 is 8.07 Å². The van der Waals surface area contributed by atoms with Crippen molar-refractivity contribution in [3.05, 3.63) is 28.4 Å². The van der Waals surface area contributed by atoms with Crippen LogP contribution in [0.2, 0.25) is 25.7 Å². The summed E-state index contributed by atoms with van der Waals surface area (Å²) in [5, 5.41) is 0. The zero-order chi connectivity index (χ0) is 14.8. The number of aromatic amines is 1. The van der Waals surface area contributed by atoms with Crippen LogP contribution in [0.5, 0.6) is 0 Å². The number of H-pyrrole nitrogens is 1. The first kappa shape index (κ1) is 14.7. The van der Waals surface area contributed by atoms with Gasteiger partial charge >= 0.3 is 0 Å². The first-order valence-electron chi connectivity index (χ1n) is 6.52. The molecule has 0 aliphatic rings. The third-order valence-corrected chi connectivity index (χ3v) is 4.76. The van der Waals surface area contributed by atoms with Gasteiger partial charge in [0.15, 0.2) is 6.29 Å². The van der Waals surface area contributed by atoms with Crippen LogP contribution in [-0.2, 0) is 11.5 Å². The van der Waals surface area contributed by atoms with Gasteiger partial charge in [-0.3, -0.25) is 9.59 Å². The third-order valence-electron chi connectivity index (χ3n) is 3.06. The van der Waals surface area contributed by atoms with Gasteiger partial charge in [0.2, 0.25) is 0 Å². The highest BCUT2D eigenvalue weighted by Gasteiger charge is 2.14. The van der Waals surface area contributed by atoms with Crippen molar-refractivity contribution < 1.29 is 9.53 Å². The highest BCUT2D eigenvalue weighted by molar-refractivity contribution is 6.76. The van der Waals surface area contributed by atoms with E-state index >= 15 is 0 Å². The van der Waals surface area contributed by atoms with E-state index in [9.17, 15) is 9.59 Å². The van der Waals surface area contributed by atoms with Gasteiger partial charge in [-0.25, -0.2) is 4.98 Å². The molecule has 0 aliphatic carbocycles. The minimum Gasteiger partial charge on any atom is -0.361 e. The van der Waals surface area contributed by atoms with E-state index in [2.05, 4.69) is 29.6 Å². The Morgan fingerprint density at radius 2 is 2.20 bits per heavy atom. The summed E-state index contributed by atoms with van der Waals surface area (Å²) in [6, 6.07) is 2.64. The smallest absolute Gasteiger partial charge is 0.275 e. The van der Waals surface area contributed by atoms with Crippen LogP contribution < -0.4 is 5.56 Å². The summed E-state index contributed by atoms with van der Waals surface area (Å²) >= 11 is 0. The van der Waals surface area contributed by atoms with E-state index in [-0.39, 0.29) is 12.3 Å². The van der Waals surface area contributed by atoms with Crippen molar-refractivity contribution in [2.45, 2.75) is 32.4 Å². The fourth-order valence-corrected chi connectivity index (χ4v) is 2.65. The van der Waals surface area contributed by atoms with Crippen LogP contribution in [-0.4, -0.2) is 35.5 Å². The van der Waals surface area contributed by atoms with Gasteiger partial charge in [0.25, 0.3) is 5.56 Å². The Labute approximate surface area is 117 Å². The highest BCUT2D eigenvalue weighted by Crippen LogP contribution is 2.14. The maximum absolute atomic E-state index is 11.8. The molecule has 1 N–H and O–H groups in total. The number of ether oxygens (including phenoxy) is 1. The fourth-order valence-electron chi connectivity index (χ4n) is 1.89. The Morgan fingerprint density at radius 3 is 2.85 bits per heavy atom. The van der Waals surface area contributed by atoms with Crippen molar-refractivity contribution >= 4 is 25.4 Å². The van der Waals surface area contributed by atoms with E-state index in [1.54, 1.807) is 10.6 Å². The Kier molecular flexibility index (Phi) is 4.19. The molecule has 20 heavy (non-hydrogen) atoms. The van der Waals surface area contributed by atoms with E-state index in [0.717, 1.165) is 6.04 Å². The molecule has 0 saturated carbocycles. The lowest BCUT2D eigenvalue weighted by Crippen LogP contribution is -2.22. The van der Waals surface area contributed by atoms with Crippen LogP contribution in [0.25, 0.3) is 11.0 Å². The van der Waals surface area contributed by atoms with Gasteiger partial charge in [0.1, 0.15) is 12.2 Å². The lowest BCUT2D eigenvalue weighted by Gasteiger charge is -2.16. The summed E-state index contributed by atoms with van der Waals surface area (Å²) in [4.78, 5) is 29.5. The monoisotopic (exact) mass is 293 g/mol. The summed E-state index contributed by atoms with van der Waals surface area (Å²) in [6.07, 6.45) is 2.04. The quantitative estimate of drug-likeness (QED) is 0.501. The Hall–Kier alpha value is -1.73. The number of aldehydes is 1. The van der Waals surface area contributed by atoms with Crippen molar-refractivity contribution in [1.29, 1.82) is 0 Å². The molecule has 0 atom stereocenters. The van der Waals surface area contributed by atoms with Crippen molar-refractivity contribution in [2.24, 2.45) is 0 Å². The second kappa shape index (κ2) is 5.72. The molecule has 2 aromatic rings. The molecule has 0 spiro atoms. The van der Waals surface area contributed by atoms with Crippen molar-refractivity contribution in [2.75, 3.05) is 6.61 Å². The Morgan fingerprint density at radius 1 is 1.45 bits per heavy atom. The molecular formula is C13H19N3O3Si. The van der Waals surface area contributed by atoms with E-state index in [4.69, 9.17) is 4.74 Å². The summed E-state index contributed by atoms with van der Waals surface area (Å²) in [7, 11) is -1.15. The topological polar surface area (TPSA) is 77.0 Å². The van der Waals surface area contributed by atoms with Crippen LogP contribution >= 0.6 is 0 Å². The van der Waals surface area contributed by atoms with Crippen LogP contribution in [0.1, 0.15) is 10.5 Å². The lowest BCUT2D eigenvalue weighted by atomic mass is 10.4. The van der Waals surface area contributed by atoms with E-state index in [1.807, 2.05) is 0 Å². The summed E-state index contributed by atoms with van der Waals surface area (Å²) in [5.74, 6) is 0. The number of hydrogen-bond donors (Lipinski definition) is 1. The maximum Gasteiger partial charge on any atom is 0.275 e. The summed E-state index contributed by atoms with van der Waals surface area (Å²) < 4.78 is 7.19. The SMILES string of the molecule is C[Si](C)(C)CCOCn1c(C=O)cc2nc[nH]c(=O)c21. The molecule has 0 fully saturated rings. The molecule has 2 aromatic heterocycles. The van der Waals surface area contributed by atoms with Crippen LogP contribution in [0, 0.1) is 0 Å². The minimum atomic E-state index is -1.15. The summed E-state index contributed by atoms with van der Waals surface area (Å²) in [6.45, 7) is 7.63. The second-order valence-corrected chi connectivity index (χ2v) is 11.5. The molecular weight excluding hydrogens is 274 g/mol. The van der Waals surface area contributed by atoms with E-state index in [1.165, 1.54) is 6.33 Å². The van der Waals surface area contributed by atoms with Gasteiger partial charge in [-0.2, -0.15) is 0 Å². The zero-order valence-corrected chi connectivity index (χ0v) is 13.0. The minimum absolute atomic E-state index is 0.191. The van der Waals surface area contributed by atoms with Gasteiger partial charge in [0.05, 0.1) is 17.5 Å². The lowest BCUT2D eigenvalue weighted by molar-refractivity contribution is 0.0862. The predicted molar refractivity (Wildman–Crippen MR) is 79.8 cm³/mol. The van der Waals surface area contributed by atoms with Crippen molar-refractivity contribution in [1.82, 2.24) is 14.5 Å². The standard InChI is InChI=1S/C13H19N3O3Si/c1-20(2,3)5-4-19-9-16-10(7-17)6-11-12(16)13(18)15-8-14-11/h6-8H,4-5,9H2,1-3H3,(H,14,15,18). The Balaban J connectivity index is 2.20. The summed E-state index contributed by atoms with van der Waals surface area (Å²) in [5.41, 5.74) is 1.02. The van der Waals surface area contributed by atoms with Gasteiger partial charge in [-0.15, -0.1) is 0 Å². The molecule has 0 saturated heterocycles. The molecule has 0 radical (unpaired) electrons. The molecule has 0 aliphatic heterocycles. The molecule has 2 rings (SSSR count). The average Bonchev–Trinajstić information content (AvgIpc) is 2.73. The average molecular weight is 293 g/mol. The largest absolute Gasteiger partial charge is 0.361 e. The molecule has 0 bridgehead atoms. The molecule has 2 heterocycles.